The first-order valence-corrected chi connectivity index (χ1v) is 8.91. The number of rotatable bonds is 3. The van der Waals surface area contributed by atoms with E-state index in [-0.39, 0.29) is 6.61 Å². The normalized spacial score (nSPS) is 20.2. The molecule has 5 heteroatoms. The topological polar surface area (TPSA) is 61.5 Å². The summed E-state index contributed by atoms with van der Waals surface area (Å²) in [5, 5.41) is 23.3. The van der Waals surface area contributed by atoms with Crippen LogP contribution >= 0.6 is 0 Å². The van der Waals surface area contributed by atoms with E-state index in [0.717, 1.165) is 38.2 Å². The van der Waals surface area contributed by atoms with E-state index in [2.05, 4.69) is 34.3 Å². The van der Waals surface area contributed by atoms with Gasteiger partial charge < -0.3 is 10.2 Å². The van der Waals surface area contributed by atoms with Crippen molar-refractivity contribution in [2.24, 2.45) is 0 Å². The molecule has 128 valence electrons. The summed E-state index contributed by atoms with van der Waals surface area (Å²) in [6.07, 6.45) is 3.86. The molecule has 2 heterocycles. The number of aliphatic hydroxyl groups excluding tert-OH is 2. The Morgan fingerprint density at radius 2 is 1.83 bits per heavy atom. The molecule has 0 fully saturated rings. The van der Waals surface area contributed by atoms with Crippen LogP contribution in [0.4, 0.5) is 0 Å². The van der Waals surface area contributed by atoms with Gasteiger partial charge in [0.15, 0.2) is 0 Å². The Labute approximate surface area is 142 Å². The first kappa shape index (κ1) is 15.8. The highest BCUT2D eigenvalue weighted by molar-refractivity contribution is 5.28. The molecule has 2 aromatic rings. The fraction of sp³-hybridized carbons (Fsp3) is 0.526. The third-order valence-corrected chi connectivity index (χ3v) is 5.49. The van der Waals surface area contributed by atoms with Crippen molar-refractivity contribution in [3.05, 3.63) is 52.8 Å². The van der Waals surface area contributed by atoms with Crippen LogP contribution in [0.2, 0.25) is 0 Å². The van der Waals surface area contributed by atoms with Crippen molar-refractivity contribution in [3.63, 3.8) is 0 Å². The van der Waals surface area contributed by atoms with Crippen molar-refractivity contribution in [3.8, 4) is 0 Å². The lowest BCUT2D eigenvalue weighted by atomic mass is 10.0. The summed E-state index contributed by atoms with van der Waals surface area (Å²) in [5.41, 5.74) is 4.75. The van der Waals surface area contributed by atoms with Crippen LogP contribution in [0.1, 0.15) is 41.5 Å². The molecular weight excluding hydrogens is 302 g/mol. The zero-order chi connectivity index (χ0) is 16.5. The molecule has 0 spiro atoms. The molecule has 5 nitrogen and oxygen atoms in total. The number of aromatic nitrogens is 2. The quantitative estimate of drug-likeness (QED) is 0.842. The molecule has 0 radical (unpaired) electrons. The van der Waals surface area contributed by atoms with E-state index in [9.17, 15) is 5.11 Å². The van der Waals surface area contributed by atoms with Crippen molar-refractivity contribution in [2.45, 2.75) is 50.9 Å². The largest absolute Gasteiger partial charge is 0.393 e. The molecule has 1 aromatic heterocycles. The Balaban J connectivity index is 1.46. The van der Waals surface area contributed by atoms with Gasteiger partial charge in [-0.2, -0.15) is 5.10 Å². The maximum Gasteiger partial charge on any atom is 0.121 e. The highest BCUT2D eigenvalue weighted by atomic mass is 16.3. The van der Waals surface area contributed by atoms with Gasteiger partial charge in [0.05, 0.1) is 24.5 Å². The molecule has 2 aliphatic rings. The van der Waals surface area contributed by atoms with Crippen LogP contribution in [0.15, 0.2) is 30.3 Å². The van der Waals surface area contributed by atoms with E-state index in [1.54, 1.807) is 0 Å². The molecule has 4 rings (SSSR count). The van der Waals surface area contributed by atoms with Crippen LogP contribution in [0.5, 0.6) is 0 Å². The molecule has 1 aliphatic carbocycles. The van der Waals surface area contributed by atoms with Crippen molar-refractivity contribution in [2.75, 3.05) is 13.2 Å². The van der Waals surface area contributed by atoms with Crippen LogP contribution in [0.25, 0.3) is 0 Å². The molecule has 1 aromatic carbocycles. The van der Waals surface area contributed by atoms with Gasteiger partial charge in [0.25, 0.3) is 0 Å². The third-order valence-electron chi connectivity index (χ3n) is 5.49. The Morgan fingerprint density at radius 3 is 2.50 bits per heavy atom. The number of nitrogens with zero attached hydrogens (tertiary/aromatic N) is 3. The predicted molar refractivity (Wildman–Crippen MR) is 91.6 cm³/mol. The zero-order valence-electron chi connectivity index (χ0n) is 13.9. The van der Waals surface area contributed by atoms with E-state index in [1.807, 2.05) is 10.7 Å². The SMILES string of the molecule is OCC(O)c1cc2n(n1)CCN(C1CCc3ccccc3CC1)C2. The van der Waals surface area contributed by atoms with Gasteiger partial charge >= 0.3 is 0 Å². The van der Waals surface area contributed by atoms with Gasteiger partial charge in [0.2, 0.25) is 0 Å². The number of benzene rings is 1. The summed E-state index contributed by atoms with van der Waals surface area (Å²) in [4.78, 5) is 2.57. The van der Waals surface area contributed by atoms with E-state index in [4.69, 9.17) is 5.11 Å². The molecule has 1 aliphatic heterocycles. The summed E-state index contributed by atoms with van der Waals surface area (Å²) >= 11 is 0. The highest BCUT2D eigenvalue weighted by Gasteiger charge is 2.27. The standard InChI is InChI=1S/C19H25N3O2/c23-13-19(24)18-11-17-12-21(9-10-22(17)20-18)16-7-5-14-3-1-2-4-15(14)6-8-16/h1-4,11,16,19,23-24H,5-10,12-13H2. The second-order valence-electron chi connectivity index (χ2n) is 6.95. The Bertz CT molecular complexity index is 685. The summed E-state index contributed by atoms with van der Waals surface area (Å²) < 4.78 is 1.98. The first-order valence-electron chi connectivity index (χ1n) is 8.91. The molecular formula is C19H25N3O2. The summed E-state index contributed by atoms with van der Waals surface area (Å²) in [6.45, 7) is 2.47. The van der Waals surface area contributed by atoms with E-state index >= 15 is 0 Å². The minimum Gasteiger partial charge on any atom is -0.393 e. The Morgan fingerprint density at radius 1 is 1.12 bits per heavy atom. The maximum atomic E-state index is 9.79. The highest BCUT2D eigenvalue weighted by Crippen LogP contribution is 2.27. The summed E-state index contributed by atoms with van der Waals surface area (Å²) in [7, 11) is 0. The van der Waals surface area contributed by atoms with Crippen molar-refractivity contribution < 1.29 is 10.2 Å². The second kappa shape index (κ2) is 6.67. The van der Waals surface area contributed by atoms with Crippen LogP contribution in [-0.4, -0.2) is 44.1 Å². The van der Waals surface area contributed by atoms with Gasteiger partial charge in [-0.05, 0) is 42.9 Å². The molecule has 0 bridgehead atoms. The fourth-order valence-corrected chi connectivity index (χ4v) is 4.08. The fourth-order valence-electron chi connectivity index (χ4n) is 4.08. The number of fused-ring (bicyclic) bond motifs is 2. The molecule has 2 N–H and O–H groups in total. The van der Waals surface area contributed by atoms with Gasteiger partial charge in [-0.15, -0.1) is 0 Å². The zero-order valence-corrected chi connectivity index (χ0v) is 13.9. The Hall–Kier alpha value is -1.69. The molecule has 24 heavy (non-hydrogen) atoms. The maximum absolute atomic E-state index is 9.79. The summed E-state index contributed by atoms with van der Waals surface area (Å²) in [6, 6.07) is 11.4. The van der Waals surface area contributed by atoms with Crippen molar-refractivity contribution in [1.29, 1.82) is 0 Å². The second-order valence-corrected chi connectivity index (χ2v) is 6.95. The smallest absolute Gasteiger partial charge is 0.121 e. The predicted octanol–water partition coefficient (Wildman–Crippen LogP) is 1.67. The molecule has 0 saturated carbocycles. The van der Waals surface area contributed by atoms with E-state index < -0.39 is 6.10 Å². The van der Waals surface area contributed by atoms with Crippen LogP contribution in [0.3, 0.4) is 0 Å². The van der Waals surface area contributed by atoms with Crippen LogP contribution < -0.4 is 0 Å². The number of hydrogen-bond donors (Lipinski definition) is 2. The molecule has 0 saturated heterocycles. The van der Waals surface area contributed by atoms with Gasteiger partial charge in [-0.25, -0.2) is 0 Å². The summed E-state index contributed by atoms with van der Waals surface area (Å²) in [5.74, 6) is 0. The molecule has 1 atom stereocenters. The van der Waals surface area contributed by atoms with Gasteiger partial charge in [-0.3, -0.25) is 9.58 Å². The average molecular weight is 327 g/mol. The lowest BCUT2D eigenvalue weighted by molar-refractivity contribution is 0.0912. The number of hydrogen-bond acceptors (Lipinski definition) is 4. The average Bonchev–Trinajstić information content (AvgIpc) is 2.93. The van der Waals surface area contributed by atoms with Crippen LogP contribution in [0, 0.1) is 0 Å². The monoisotopic (exact) mass is 327 g/mol. The van der Waals surface area contributed by atoms with Gasteiger partial charge in [-0.1, -0.05) is 24.3 Å². The number of aliphatic hydroxyl groups is 2. The minimum absolute atomic E-state index is 0.277. The van der Waals surface area contributed by atoms with E-state index in [1.165, 1.54) is 24.0 Å². The number of aryl methyl sites for hydroxylation is 2. The lowest BCUT2D eigenvalue weighted by Crippen LogP contribution is -2.41. The van der Waals surface area contributed by atoms with E-state index in [0.29, 0.717) is 11.7 Å². The van der Waals surface area contributed by atoms with Gasteiger partial charge in [0.1, 0.15) is 6.10 Å². The van der Waals surface area contributed by atoms with Crippen molar-refractivity contribution >= 4 is 0 Å². The Kier molecular flexibility index (Phi) is 4.39. The first-order chi connectivity index (χ1) is 11.7. The van der Waals surface area contributed by atoms with Crippen molar-refractivity contribution in [1.82, 2.24) is 14.7 Å². The third kappa shape index (κ3) is 2.99. The molecule has 1 unspecified atom stereocenters. The minimum atomic E-state index is -0.871. The lowest BCUT2D eigenvalue weighted by Gasteiger charge is -2.34. The van der Waals surface area contributed by atoms with Crippen LogP contribution in [-0.2, 0) is 25.9 Å². The van der Waals surface area contributed by atoms with Gasteiger partial charge in [0, 0.05) is 19.1 Å². The molecule has 0 amide bonds.